The molecule has 51 heavy (non-hydrogen) atoms. The number of carbonyl (C=O) groups excluding carboxylic acids is 1. The second-order valence-corrected chi connectivity index (χ2v) is 14.4. The number of nitrogens with one attached hydrogen (secondary N) is 2. The highest BCUT2D eigenvalue weighted by atomic mass is 16.8. The number of amides is 1. The molecule has 260 valence electrons. The largest absolute Gasteiger partial charge is 0.358 e. The number of carbonyl (C=O) groups is 1. The van der Waals surface area contributed by atoms with Gasteiger partial charge in [-0.15, -0.1) is 0 Å². The van der Waals surface area contributed by atoms with E-state index < -0.39 is 5.91 Å². The number of benzene rings is 4. The average molecular weight is 680 g/mol. The second-order valence-electron chi connectivity index (χ2n) is 14.4. The molecule has 2 aromatic heterocycles. The Morgan fingerprint density at radius 3 is 1.55 bits per heavy atom. The van der Waals surface area contributed by atoms with Crippen LogP contribution < -0.4 is 0 Å². The maximum absolute atomic E-state index is 12.5. The van der Waals surface area contributed by atoms with E-state index in [4.69, 9.17) is 0 Å². The van der Waals surface area contributed by atoms with Crippen molar-refractivity contribution in [1.29, 1.82) is 0 Å². The Hall–Kier alpha value is -4.99. The minimum Gasteiger partial charge on any atom is -0.358 e. The molecule has 8 heteroatoms. The lowest BCUT2D eigenvalue weighted by molar-refractivity contribution is -0.280. The van der Waals surface area contributed by atoms with Gasteiger partial charge in [0.2, 0.25) is 0 Å². The zero-order valence-electron chi connectivity index (χ0n) is 29.3. The van der Waals surface area contributed by atoms with E-state index in [-0.39, 0.29) is 5.23 Å². The van der Waals surface area contributed by atoms with Crippen molar-refractivity contribution in [2.45, 2.75) is 51.6 Å². The normalized spacial score (nSPS) is 18.2. The number of para-hydroxylation sites is 2. The van der Waals surface area contributed by atoms with Gasteiger partial charge in [0.05, 0.1) is 0 Å². The fraction of sp³-hybridized carbons (Fsp3) is 0.279. The number of rotatable bonds is 9. The molecular formula is C43H45N5O3. The fourth-order valence-corrected chi connectivity index (χ4v) is 8.68. The van der Waals surface area contributed by atoms with Gasteiger partial charge >= 0.3 is 0 Å². The van der Waals surface area contributed by atoms with Gasteiger partial charge in [-0.05, 0) is 90.9 Å². The summed E-state index contributed by atoms with van der Waals surface area (Å²) in [6.07, 6.45) is 3.55. The van der Waals surface area contributed by atoms with Crippen LogP contribution in [0.3, 0.4) is 0 Å². The van der Waals surface area contributed by atoms with Gasteiger partial charge in [0.1, 0.15) is 0 Å². The lowest BCUT2D eigenvalue weighted by Crippen LogP contribution is -2.21. The molecule has 2 aliphatic rings. The lowest BCUT2D eigenvalue weighted by atomic mass is 9.95. The minimum absolute atomic E-state index is 0.360. The Morgan fingerprint density at radius 2 is 1.12 bits per heavy atom. The molecule has 0 radical (unpaired) electrons. The molecule has 0 saturated carbocycles. The number of fused-ring (bicyclic) bond motifs is 2. The summed E-state index contributed by atoms with van der Waals surface area (Å²) in [5.41, 5.74) is 12.6. The molecule has 4 heterocycles. The van der Waals surface area contributed by atoms with Gasteiger partial charge in [-0.1, -0.05) is 90.2 Å². The topological polar surface area (TPSA) is 98.8 Å². The Balaban J connectivity index is 0.941. The number of hydrogen-bond acceptors (Lipinski definition) is 5. The first kappa shape index (κ1) is 33.2. The summed E-state index contributed by atoms with van der Waals surface area (Å²) in [5, 5.41) is 21.3. The van der Waals surface area contributed by atoms with Crippen LogP contribution in [0.25, 0.3) is 27.4 Å². The highest BCUT2D eigenvalue weighted by molar-refractivity contribution is 5.98. The van der Waals surface area contributed by atoms with Crippen molar-refractivity contribution in [3.05, 3.63) is 148 Å². The van der Waals surface area contributed by atoms with Crippen molar-refractivity contribution >= 4 is 33.3 Å². The van der Waals surface area contributed by atoms with E-state index in [2.05, 4.69) is 106 Å². The Bertz CT molecular complexity index is 2070. The zero-order valence-corrected chi connectivity index (χ0v) is 29.3. The molecule has 2 fully saturated rings. The van der Waals surface area contributed by atoms with E-state index in [1.54, 1.807) is 0 Å². The van der Waals surface area contributed by atoms with Gasteiger partial charge in [0, 0.05) is 77.3 Å². The number of aromatic amines is 2. The summed E-state index contributed by atoms with van der Waals surface area (Å²) in [6, 6.07) is 33.7. The van der Waals surface area contributed by atoms with Crippen LogP contribution in [-0.2, 0) is 17.9 Å². The summed E-state index contributed by atoms with van der Waals surface area (Å²) in [4.78, 5) is 24.7. The number of aromatic nitrogens is 2. The van der Waals surface area contributed by atoms with E-state index in [0.717, 1.165) is 63.2 Å². The van der Waals surface area contributed by atoms with Crippen LogP contribution in [0, 0.1) is 13.8 Å². The van der Waals surface area contributed by atoms with Crippen LogP contribution in [0.2, 0.25) is 0 Å². The van der Waals surface area contributed by atoms with Gasteiger partial charge < -0.3 is 9.97 Å². The molecular weight excluding hydrogens is 635 g/mol. The summed E-state index contributed by atoms with van der Waals surface area (Å²) in [5.74, 6) is 0.100. The summed E-state index contributed by atoms with van der Waals surface area (Å²) < 4.78 is 0. The van der Waals surface area contributed by atoms with Gasteiger partial charge in [-0.2, -0.15) is 0 Å². The van der Waals surface area contributed by atoms with E-state index in [1.807, 2.05) is 24.3 Å². The summed E-state index contributed by atoms with van der Waals surface area (Å²) in [7, 11) is 0. The monoisotopic (exact) mass is 679 g/mol. The third-order valence-corrected chi connectivity index (χ3v) is 11.1. The Kier molecular flexibility index (Phi) is 9.08. The molecule has 2 saturated heterocycles. The zero-order chi connectivity index (χ0) is 35.1. The molecule has 0 spiro atoms. The third-order valence-electron chi connectivity index (χ3n) is 11.1. The molecule has 8 rings (SSSR count). The quantitative estimate of drug-likeness (QED) is 0.0701. The van der Waals surface area contributed by atoms with Crippen molar-refractivity contribution in [2.24, 2.45) is 0 Å². The summed E-state index contributed by atoms with van der Waals surface area (Å²) in [6.45, 7) is 10.2. The molecule has 2 atom stereocenters. The average Bonchev–Trinajstić information content (AvgIpc) is 3.92. The highest BCUT2D eigenvalue weighted by Crippen LogP contribution is 2.37. The van der Waals surface area contributed by atoms with Crippen molar-refractivity contribution in [3.8, 4) is 0 Å². The predicted octanol–water partition coefficient (Wildman–Crippen LogP) is 8.28. The van der Waals surface area contributed by atoms with Crippen LogP contribution in [0.5, 0.6) is 0 Å². The number of hydrogen-bond donors (Lipinski definition) is 4. The highest BCUT2D eigenvalue weighted by Gasteiger charge is 2.29. The van der Waals surface area contributed by atoms with Crippen molar-refractivity contribution in [2.75, 3.05) is 26.2 Å². The number of likely N-dealkylation sites (tertiary alicyclic amines) is 2. The first-order chi connectivity index (χ1) is 24.8. The van der Waals surface area contributed by atoms with Gasteiger partial charge in [0.15, 0.2) is 0 Å². The Labute approximate surface area is 298 Å². The molecule has 1 amide bonds. The SMILES string of the molecule is Cc1[nH]c2ccccc2c1C1CCN(Cc2ccc(C(=CC(=O)N(O)O)c3ccc(CN4CCC(c5c(C)[nH]c6ccccc56)C4)cc3)cc2)C1. The van der Waals surface area contributed by atoms with Gasteiger partial charge in [-0.3, -0.25) is 25.0 Å². The van der Waals surface area contributed by atoms with Gasteiger partial charge in [0.25, 0.3) is 5.91 Å². The van der Waals surface area contributed by atoms with Crippen LogP contribution in [0.1, 0.15) is 69.4 Å². The molecule has 6 aromatic rings. The van der Waals surface area contributed by atoms with E-state index >= 15 is 0 Å². The minimum atomic E-state index is -0.899. The first-order valence-corrected chi connectivity index (χ1v) is 18.0. The third kappa shape index (κ3) is 6.76. The van der Waals surface area contributed by atoms with E-state index in [0.29, 0.717) is 17.4 Å². The van der Waals surface area contributed by atoms with Crippen molar-refractivity contribution in [3.63, 3.8) is 0 Å². The molecule has 4 N–H and O–H groups in total. The van der Waals surface area contributed by atoms with E-state index in [1.165, 1.54) is 61.5 Å². The van der Waals surface area contributed by atoms with Crippen LogP contribution >= 0.6 is 0 Å². The molecule has 2 unspecified atom stereocenters. The van der Waals surface area contributed by atoms with Crippen molar-refractivity contribution < 1.29 is 15.2 Å². The van der Waals surface area contributed by atoms with Crippen LogP contribution in [0.15, 0.2) is 103 Å². The molecule has 8 nitrogen and oxygen atoms in total. The maximum Gasteiger partial charge on any atom is 0.296 e. The number of aryl methyl sites for hydroxylation is 2. The second kappa shape index (κ2) is 14.0. The van der Waals surface area contributed by atoms with Crippen molar-refractivity contribution in [1.82, 2.24) is 25.0 Å². The number of nitrogens with zero attached hydrogens (tertiary/aromatic N) is 3. The molecule has 4 aromatic carbocycles. The molecule has 0 bridgehead atoms. The maximum atomic E-state index is 12.5. The smallest absolute Gasteiger partial charge is 0.296 e. The Morgan fingerprint density at radius 1 is 0.686 bits per heavy atom. The number of hydroxylamine groups is 2. The van der Waals surface area contributed by atoms with Crippen LogP contribution in [-0.4, -0.2) is 67.5 Å². The standard InChI is InChI=1S/C43H45N5O3/c1-28-42(36-7-3-5-9-39(36)44-28)34-19-21-46(26-34)24-30-11-15-32(16-12-30)38(23-41(49)48(50)51)33-17-13-31(14-18-33)25-47-22-20-35(27-47)43-29(2)45-40-10-6-4-8-37(40)43/h3-18,23,34-35,44-45,50-51H,19-22,24-27H2,1-2H3. The molecule has 0 aliphatic carbocycles. The predicted molar refractivity (Wildman–Crippen MR) is 202 cm³/mol. The van der Waals surface area contributed by atoms with Crippen LogP contribution in [0.4, 0.5) is 0 Å². The lowest BCUT2D eigenvalue weighted by Gasteiger charge is -2.18. The van der Waals surface area contributed by atoms with Gasteiger partial charge in [-0.25, -0.2) is 0 Å². The van der Waals surface area contributed by atoms with E-state index in [9.17, 15) is 15.2 Å². The fourth-order valence-electron chi connectivity index (χ4n) is 8.68. The summed E-state index contributed by atoms with van der Waals surface area (Å²) >= 11 is 0. The molecule has 2 aliphatic heterocycles. The first-order valence-electron chi connectivity index (χ1n) is 18.0. The number of H-pyrrole nitrogens is 2.